The number of aliphatic carboxylic acids is 1. The van der Waals surface area contributed by atoms with Crippen molar-refractivity contribution in [3.05, 3.63) is 35.4 Å². The first kappa shape index (κ1) is 16.2. The molecule has 1 aliphatic heterocycles. The number of carbonyl (C=O) groups is 3. The third-order valence-electron chi connectivity index (χ3n) is 3.73. The minimum Gasteiger partial charge on any atom is -0.480 e. The summed E-state index contributed by atoms with van der Waals surface area (Å²) in [5.41, 5.74) is 1.42. The number of benzene rings is 1. The molecule has 1 aromatic rings. The molecular formula is C16H20N2O4. The van der Waals surface area contributed by atoms with Crippen LogP contribution in [0.3, 0.4) is 0 Å². The van der Waals surface area contributed by atoms with E-state index in [-0.39, 0.29) is 0 Å². The zero-order valence-electron chi connectivity index (χ0n) is 12.5. The molecule has 1 unspecified atom stereocenters. The Morgan fingerprint density at radius 2 is 2.00 bits per heavy atom. The Labute approximate surface area is 129 Å². The van der Waals surface area contributed by atoms with E-state index in [0.717, 1.165) is 18.7 Å². The topological polar surface area (TPSA) is 86.7 Å². The van der Waals surface area contributed by atoms with Crippen molar-refractivity contribution in [3.8, 4) is 0 Å². The number of hydrogen-bond acceptors (Lipinski definition) is 4. The lowest BCUT2D eigenvalue weighted by molar-refractivity contribution is -0.138. The van der Waals surface area contributed by atoms with Crippen molar-refractivity contribution >= 4 is 17.7 Å². The number of rotatable bonds is 5. The van der Waals surface area contributed by atoms with E-state index < -0.39 is 17.9 Å². The van der Waals surface area contributed by atoms with E-state index in [1.807, 2.05) is 6.07 Å². The fourth-order valence-corrected chi connectivity index (χ4v) is 2.37. The molecule has 6 nitrogen and oxygen atoms in total. The fourth-order valence-electron chi connectivity index (χ4n) is 2.37. The first-order valence-electron chi connectivity index (χ1n) is 7.32. The van der Waals surface area contributed by atoms with E-state index in [0.29, 0.717) is 30.7 Å². The van der Waals surface area contributed by atoms with Crippen molar-refractivity contribution in [2.24, 2.45) is 0 Å². The molecule has 1 atom stereocenters. The van der Waals surface area contributed by atoms with Crippen molar-refractivity contribution in [1.82, 2.24) is 10.2 Å². The van der Waals surface area contributed by atoms with Crippen LogP contribution in [0.4, 0.5) is 0 Å². The lowest BCUT2D eigenvalue weighted by Crippen LogP contribution is -2.38. The Kier molecular flexibility index (Phi) is 5.27. The maximum atomic E-state index is 12.0. The first-order chi connectivity index (χ1) is 10.5. The largest absolute Gasteiger partial charge is 0.480 e. The molecule has 0 saturated carbocycles. The van der Waals surface area contributed by atoms with Gasteiger partial charge in [0.1, 0.15) is 11.8 Å². The van der Waals surface area contributed by atoms with Gasteiger partial charge in [-0.05, 0) is 24.6 Å². The van der Waals surface area contributed by atoms with E-state index in [9.17, 15) is 14.4 Å². The van der Waals surface area contributed by atoms with Gasteiger partial charge in [0.15, 0.2) is 0 Å². The Bertz CT molecular complexity index is 575. The normalized spacial score (nSPS) is 17.0. The zero-order valence-corrected chi connectivity index (χ0v) is 12.5. The highest BCUT2D eigenvalue weighted by Crippen LogP contribution is 2.13. The molecule has 1 aromatic carbocycles. The summed E-state index contributed by atoms with van der Waals surface area (Å²) in [7, 11) is 0. The third kappa shape index (κ3) is 4.39. The molecule has 1 heterocycles. The molecule has 0 aromatic heterocycles. The molecule has 2 N–H and O–H groups in total. The summed E-state index contributed by atoms with van der Waals surface area (Å²) in [4.78, 5) is 36.2. The van der Waals surface area contributed by atoms with Crippen molar-refractivity contribution in [2.75, 3.05) is 13.1 Å². The van der Waals surface area contributed by atoms with E-state index in [2.05, 4.69) is 10.2 Å². The third-order valence-corrected chi connectivity index (χ3v) is 3.73. The van der Waals surface area contributed by atoms with Gasteiger partial charge in [0.05, 0.1) is 0 Å². The number of hydrogen-bond donors (Lipinski definition) is 2. The number of piperidine rings is 1. The van der Waals surface area contributed by atoms with Gasteiger partial charge in [-0.3, -0.25) is 19.3 Å². The van der Waals surface area contributed by atoms with Crippen molar-refractivity contribution < 1.29 is 19.5 Å². The van der Waals surface area contributed by atoms with Crippen LogP contribution in [-0.4, -0.2) is 46.8 Å². The molecule has 22 heavy (non-hydrogen) atoms. The number of ketones is 1. The monoisotopic (exact) mass is 304 g/mol. The number of nitrogens with zero attached hydrogens (tertiary/aromatic N) is 1. The maximum absolute atomic E-state index is 12.0. The Morgan fingerprint density at radius 1 is 1.32 bits per heavy atom. The van der Waals surface area contributed by atoms with Gasteiger partial charge in [-0.25, -0.2) is 0 Å². The average Bonchev–Trinajstić information content (AvgIpc) is 2.49. The predicted molar refractivity (Wildman–Crippen MR) is 80.5 cm³/mol. The minimum atomic E-state index is -1.07. The summed E-state index contributed by atoms with van der Waals surface area (Å²) in [5, 5.41) is 11.3. The Hall–Kier alpha value is -2.21. The number of nitrogens with one attached hydrogen (secondary N) is 1. The number of carboxylic acid groups (broad SMARTS) is 1. The number of amides is 1. The smallest absolute Gasteiger partial charge is 0.325 e. The minimum absolute atomic E-state index is 0.298. The highest BCUT2D eigenvalue weighted by molar-refractivity contribution is 5.96. The summed E-state index contributed by atoms with van der Waals surface area (Å²) in [6.45, 7) is 3.59. The van der Waals surface area contributed by atoms with Gasteiger partial charge >= 0.3 is 5.97 Å². The summed E-state index contributed by atoms with van der Waals surface area (Å²) < 4.78 is 0. The van der Waals surface area contributed by atoms with E-state index >= 15 is 0 Å². The van der Waals surface area contributed by atoms with Gasteiger partial charge in [-0.1, -0.05) is 12.1 Å². The van der Waals surface area contributed by atoms with Gasteiger partial charge in [-0.15, -0.1) is 0 Å². The van der Waals surface area contributed by atoms with E-state index in [1.165, 1.54) is 6.92 Å². The number of Topliss-reactive ketones (excluding diaryl/α,β-unsaturated/α-hetero) is 1. The van der Waals surface area contributed by atoms with Crippen LogP contribution in [-0.2, 0) is 16.1 Å². The summed E-state index contributed by atoms with van der Waals surface area (Å²) in [5.74, 6) is -1.17. The summed E-state index contributed by atoms with van der Waals surface area (Å²) in [6.07, 6.45) is 1.16. The molecule has 1 fully saturated rings. The molecule has 2 rings (SSSR count). The molecule has 6 heteroatoms. The second-order valence-corrected chi connectivity index (χ2v) is 5.55. The SMILES string of the molecule is CC(NC(=O)c1cccc(CN2CCC(=O)CC2)c1)C(=O)O. The van der Waals surface area contributed by atoms with Crippen LogP contribution in [0.5, 0.6) is 0 Å². The Morgan fingerprint density at radius 3 is 2.64 bits per heavy atom. The molecule has 1 aliphatic rings. The van der Waals surface area contributed by atoms with Crippen molar-refractivity contribution in [2.45, 2.75) is 32.4 Å². The average molecular weight is 304 g/mol. The second kappa shape index (κ2) is 7.17. The number of likely N-dealkylation sites (tertiary alicyclic amines) is 1. The van der Waals surface area contributed by atoms with Crippen LogP contribution in [0.25, 0.3) is 0 Å². The molecule has 0 aliphatic carbocycles. The van der Waals surface area contributed by atoms with Gasteiger partial charge < -0.3 is 10.4 Å². The first-order valence-corrected chi connectivity index (χ1v) is 7.32. The number of carbonyl (C=O) groups excluding carboxylic acids is 2. The lowest BCUT2D eigenvalue weighted by Gasteiger charge is -2.25. The van der Waals surface area contributed by atoms with Gasteiger partial charge in [0.2, 0.25) is 0 Å². The molecule has 118 valence electrons. The van der Waals surface area contributed by atoms with E-state index in [4.69, 9.17) is 5.11 Å². The highest BCUT2D eigenvalue weighted by Gasteiger charge is 2.18. The molecule has 0 bridgehead atoms. The molecule has 0 radical (unpaired) electrons. The molecular weight excluding hydrogens is 284 g/mol. The molecule has 0 spiro atoms. The van der Waals surface area contributed by atoms with Crippen LogP contribution < -0.4 is 5.32 Å². The van der Waals surface area contributed by atoms with Crippen LogP contribution in [0.15, 0.2) is 24.3 Å². The maximum Gasteiger partial charge on any atom is 0.325 e. The fraction of sp³-hybridized carbons (Fsp3) is 0.438. The van der Waals surface area contributed by atoms with Crippen LogP contribution in [0.2, 0.25) is 0 Å². The predicted octanol–water partition coefficient (Wildman–Crippen LogP) is 1.05. The highest BCUT2D eigenvalue weighted by atomic mass is 16.4. The van der Waals surface area contributed by atoms with Gasteiger partial charge in [-0.2, -0.15) is 0 Å². The summed E-state index contributed by atoms with van der Waals surface area (Å²) >= 11 is 0. The standard InChI is InChI=1S/C16H20N2O4/c1-11(16(21)22)17-15(20)13-4-2-3-12(9-13)10-18-7-5-14(19)6-8-18/h2-4,9,11H,5-8,10H2,1H3,(H,17,20)(H,21,22). The van der Waals surface area contributed by atoms with E-state index in [1.54, 1.807) is 18.2 Å². The van der Waals surface area contributed by atoms with Crippen molar-refractivity contribution in [3.63, 3.8) is 0 Å². The lowest BCUT2D eigenvalue weighted by atomic mass is 10.1. The summed E-state index contributed by atoms with van der Waals surface area (Å²) in [6, 6.07) is 6.20. The quantitative estimate of drug-likeness (QED) is 0.849. The number of carboxylic acids is 1. The van der Waals surface area contributed by atoms with Gasteiger partial charge in [0, 0.05) is 38.0 Å². The van der Waals surface area contributed by atoms with Crippen LogP contribution in [0, 0.1) is 0 Å². The second-order valence-electron chi connectivity index (χ2n) is 5.55. The van der Waals surface area contributed by atoms with Crippen LogP contribution >= 0.6 is 0 Å². The van der Waals surface area contributed by atoms with Crippen molar-refractivity contribution in [1.29, 1.82) is 0 Å². The zero-order chi connectivity index (χ0) is 16.1. The van der Waals surface area contributed by atoms with Gasteiger partial charge in [0.25, 0.3) is 5.91 Å². The Balaban J connectivity index is 1.99. The molecule has 1 saturated heterocycles. The van der Waals surface area contributed by atoms with Crippen LogP contribution in [0.1, 0.15) is 35.7 Å². The molecule has 1 amide bonds.